The molecule has 1 spiro atoms. The number of hydrogen-bond acceptors (Lipinski definition) is 5. The molecule has 6 nitrogen and oxygen atoms in total. The first kappa shape index (κ1) is 19.7. The molecular formula is C18H24F3N3O3. The first-order chi connectivity index (χ1) is 12.7. The SMILES string of the molecule is COc1cc([N+](=O)[O-])ccc1N1CCC2(CCN(CC(F)(F)F)CC2)CC1. The number of ether oxygens (including phenoxy) is 1. The van der Waals surface area contributed by atoms with Gasteiger partial charge in [-0.15, -0.1) is 0 Å². The number of methoxy groups -OCH3 is 1. The lowest BCUT2D eigenvalue weighted by atomic mass is 9.71. The minimum Gasteiger partial charge on any atom is -0.494 e. The number of nitrogens with zero attached hydrogens (tertiary/aromatic N) is 3. The van der Waals surface area contributed by atoms with Crippen LogP contribution in [0.15, 0.2) is 18.2 Å². The maximum atomic E-state index is 12.6. The van der Waals surface area contributed by atoms with E-state index < -0.39 is 17.6 Å². The average molecular weight is 387 g/mol. The molecule has 150 valence electrons. The number of likely N-dealkylation sites (tertiary alicyclic amines) is 1. The van der Waals surface area contributed by atoms with Crippen LogP contribution in [0, 0.1) is 15.5 Å². The number of nitro benzene ring substituents is 1. The number of hydrogen-bond donors (Lipinski definition) is 0. The van der Waals surface area contributed by atoms with E-state index in [-0.39, 0.29) is 11.1 Å². The van der Waals surface area contributed by atoms with Crippen LogP contribution in [0.5, 0.6) is 5.75 Å². The van der Waals surface area contributed by atoms with E-state index in [4.69, 9.17) is 4.74 Å². The summed E-state index contributed by atoms with van der Waals surface area (Å²) >= 11 is 0. The third-order valence-corrected chi connectivity index (χ3v) is 5.86. The van der Waals surface area contributed by atoms with Crippen LogP contribution in [0.2, 0.25) is 0 Å². The number of alkyl halides is 3. The lowest BCUT2D eigenvalue weighted by Crippen LogP contribution is -2.48. The number of halogens is 3. The zero-order valence-corrected chi connectivity index (χ0v) is 15.3. The maximum absolute atomic E-state index is 12.6. The largest absolute Gasteiger partial charge is 0.494 e. The van der Waals surface area contributed by atoms with Crippen molar-refractivity contribution in [3.8, 4) is 5.75 Å². The van der Waals surface area contributed by atoms with Crippen molar-refractivity contribution < 1.29 is 22.8 Å². The van der Waals surface area contributed by atoms with Crippen LogP contribution in [0.3, 0.4) is 0 Å². The van der Waals surface area contributed by atoms with Gasteiger partial charge < -0.3 is 9.64 Å². The van der Waals surface area contributed by atoms with Crippen molar-refractivity contribution in [2.75, 3.05) is 44.7 Å². The number of benzene rings is 1. The summed E-state index contributed by atoms with van der Waals surface area (Å²) in [6.07, 6.45) is -0.747. The first-order valence-corrected chi connectivity index (χ1v) is 9.08. The first-order valence-electron chi connectivity index (χ1n) is 9.08. The van der Waals surface area contributed by atoms with Crippen LogP contribution >= 0.6 is 0 Å². The molecule has 2 aliphatic rings. The fourth-order valence-electron chi connectivity index (χ4n) is 4.20. The highest BCUT2D eigenvalue weighted by Gasteiger charge is 2.40. The number of rotatable bonds is 4. The highest BCUT2D eigenvalue weighted by Crippen LogP contribution is 2.44. The molecule has 9 heteroatoms. The van der Waals surface area contributed by atoms with Gasteiger partial charge in [-0.25, -0.2) is 0 Å². The summed E-state index contributed by atoms with van der Waals surface area (Å²) in [6, 6.07) is 4.61. The summed E-state index contributed by atoms with van der Waals surface area (Å²) in [5, 5.41) is 10.9. The predicted molar refractivity (Wildman–Crippen MR) is 95.3 cm³/mol. The number of anilines is 1. The molecule has 2 saturated heterocycles. The topological polar surface area (TPSA) is 58.9 Å². The third-order valence-electron chi connectivity index (χ3n) is 5.86. The molecule has 0 radical (unpaired) electrons. The van der Waals surface area contributed by atoms with Crippen LogP contribution < -0.4 is 9.64 Å². The van der Waals surface area contributed by atoms with Gasteiger partial charge in [0.2, 0.25) is 0 Å². The van der Waals surface area contributed by atoms with E-state index in [1.54, 1.807) is 6.07 Å². The van der Waals surface area contributed by atoms with Crippen molar-refractivity contribution in [2.24, 2.45) is 5.41 Å². The molecule has 27 heavy (non-hydrogen) atoms. The molecule has 2 fully saturated rings. The highest BCUT2D eigenvalue weighted by atomic mass is 19.4. The van der Waals surface area contributed by atoms with Gasteiger partial charge in [0, 0.05) is 19.2 Å². The van der Waals surface area contributed by atoms with Gasteiger partial charge in [0.15, 0.2) is 0 Å². The second-order valence-corrected chi connectivity index (χ2v) is 7.49. The Morgan fingerprint density at radius 3 is 2.26 bits per heavy atom. The molecule has 0 aromatic heterocycles. The van der Waals surface area contributed by atoms with Crippen LogP contribution in [0.1, 0.15) is 25.7 Å². The van der Waals surface area contributed by atoms with Crippen LogP contribution in [0.4, 0.5) is 24.5 Å². The molecule has 2 heterocycles. The van der Waals surface area contributed by atoms with Crippen molar-refractivity contribution in [2.45, 2.75) is 31.9 Å². The molecule has 0 aliphatic carbocycles. The van der Waals surface area contributed by atoms with Gasteiger partial charge in [-0.2, -0.15) is 13.2 Å². The van der Waals surface area contributed by atoms with Crippen molar-refractivity contribution in [3.05, 3.63) is 28.3 Å². The Labute approximate surface area is 156 Å². The summed E-state index contributed by atoms with van der Waals surface area (Å²) in [5.41, 5.74) is 0.917. The second-order valence-electron chi connectivity index (χ2n) is 7.49. The number of piperidine rings is 2. The standard InChI is InChI=1S/C18H24F3N3O3/c1-27-16-12-14(24(25)26)2-3-15(16)23-10-6-17(7-11-23)4-8-22(9-5-17)13-18(19,20)21/h2-3,12H,4-11,13H2,1H3. The van der Waals surface area contributed by atoms with E-state index in [2.05, 4.69) is 4.90 Å². The number of nitro groups is 1. The summed E-state index contributed by atoms with van der Waals surface area (Å²) in [7, 11) is 1.49. The number of non-ortho nitro benzene ring substituents is 1. The smallest absolute Gasteiger partial charge is 0.401 e. The molecule has 0 bridgehead atoms. The Morgan fingerprint density at radius 1 is 1.15 bits per heavy atom. The molecule has 2 aliphatic heterocycles. The fraction of sp³-hybridized carbons (Fsp3) is 0.667. The van der Waals surface area contributed by atoms with Crippen LogP contribution in [-0.2, 0) is 0 Å². The van der Waals surface area contributed by atoms with Gasteiger partial charge >= 0.3 is 6.18 Å². The molecular weight excluding hydrogens is 363 g/mol. The van der Waals surface area contributed by atoms with E-state index in [1.165, 1.54) is 24.1 Å². The Bertz CT molecular complexity index is 678. The minimum atomic E-state index is -4.14. The Morgan fingerprint density at radius 2 is 1.74 bits per heavy atom. The highest BCUT2D eigenvalue weighted by molar-refractivity contribution is 5.62. The molecule has 0 saturated carbocycles. The maximum Gasteiger partial charge on any atom is 0.401 e. The van der Waals surface area contributed by atoms with Gasteiger partial charge in [0.05, 0.1) is 30.3 Å². The molecule has 1 aromatic rings. The monoisotopic (exact) mass is 387 g/mol. The molecule has 0 amide bonds. The van der Waals surface area contributed by atoms with E-state index in [0.29, 0.717) is 18.8 Å². The van der Waals surface area contributed by atoms with Gasteiger partial charge in [-0.05, 0) is 50.3 Å². The van der Waals surface area contributed by atoms with Crippen molar-refractivity contribution in [3.63, 3.8) is 0 Å². The third kappa shape index (κ3) is 4.63. The molecule has 0 atom stereocenters. The molecule has 0 N–H and O–H groups in total. The second kappa shape index (κ2) is 7.53. The Balaban J connectivity index is 1.60. The Kier molecular flexibility index (Phi) is 5.50. The lowest BCUT2D eigenvalue weighted by Gasteiger charge is -2.47. The van der Waals surface area contributed by atoms with E-state index >= 15 is 0 Å². The average Bonchev–Trinajstić information content (AvgIpc) is 2.63. The van der Waals surface area contributed by atoms with Gasteiger partial charge in [0.25, 0.3) is 5.69 Å². The van der Waals surface area contributed by atoms with Crippen LogP contribution in [0.25, 0.3) is 0 Å². The van der Waals surface area contributed by atoms with Crippen molar-refractivity contribution >= 4 is 11.4 Å². The minimum absolute atomic E-state index is 0.0129. The zero-order valence-electron chi connectivity index (χ0n) is 15.3. The summed E-state index contributed by atoms with van der Waals surface area (Å²) in [5.74, 6) is 0.472. The van der Waals surface area contributed by atoms with Crippen LogP contribution in [-0.4, -0.2) is 55.8 Å². The van der Waals surface area contributed by atoms with Gasteiger partial charge in [0.1, 0.15) is 5.75 Å². The molecule has 3 rings (SSSR count). The van der Waals surface area contributed by atoms with E-state index in [0.717, 1.165) is 44.5 Å². The molecule has 1 aromatic carbocycles. The quantitative estimate of drug-likeness (QED) is 0.580. The fourth-order valence-corrected chi connectivity index (χ4v) is 4.20. The van der Waals surface area contributed by atoms with Crippen molar-refractivity contribution in [1.29, 1.82) is 0 Å². The zero-order chi connectivity index (χ0) is 19.7. The lowest BCUT2D eigenvalue weighted by molar-refractivity contribution is -0.384. The van der Waals surface area contributed by atoms with E-state index in [9.17, 15) is 23.3 Å². The molecule has 0 unspecified atom stereocenters. The summed E-state index contributed by atoms with van der Waals surface area (Å²) in [6.45, 7) is 1.69. The van der Waals surface area contributed by atoms with Gasteiger partial charge in [-0.1, -0.05) is 0 Å². The van der Waals surface area contributed by atoms with Gasteiger partial charge in [-0.3, -0.25) is 15.0 Å². The normalized spacial score (nSPS) is 20.7. The summed E-state index contributed by atoms with van der Waals surface area (Å²) in [4.78, 5) is 14.1. The van der Waals surface area contributed by atoms with E-state index in [1.807, 2.05) is 0 Å². The van der Waals surface area contributed by atoms with Crippen molar-refractivity contribution in [1.82, 2.24) is 4.90 Å². The predicted octanol–water partition coefficient (Wildman–Crippen LogP) is 3.85. The summed E-state index contributed by atoms with van der Waals surface area (Å²) < 4.78 is 43.0. The Hall–Kier alpha value is -2.03.